The van der Waals surface area contributed by atoms with Gasteiger partial charge in [0.25, 0.3) is 5.91 Å². The summed E-state index contributed by atoms with van der Waals surface area (Å²) in [5.74, 6) is -1.97. The van der Waals surface area contributed by atoms with Crippen molar-refractivity contribution in [3.8, 4) is 22.4 Å². The Balaban J connectivity index is 1.49. The second kappa shape index (κ2) is 9.67. The molecule has 0 fully saturated rings. The number of anilines is 1. The maximum absolute atomic E-state index is 14.3. The number of rotatable bonds is 6. The van der Waals surface area contributed by atoms with Crippen LogP contribution in [0.15, 0.2) is 77.3 Å². The number of esters is 1. The SMILES string of the molecule is Cc1onc(-c2c(F)cccc2Cl)c1C(=O)OCC(=O)Nc1ccccc1-c1ccccc1. The molecule has 1 aromatic heterocycles. The molecule has 1 amide bonds. The lowest BCUT2D eigenvalue weighted by Gasteiger charge is -2.12. The van der Waals surface area contributed by atoms with Crippen LogP contribution in [0.1, 0.15) is 16.1 Å². The number of aromatic nitrogens is 1. The van der Waals surface area contributed by atoms with Crippen molar-refractivity contribution in [2.75, 3.05) is 11.9 Å². The van der Waals surface area contributed by atoms with Crippen molar-refractivity contribution in [3.63, 3.8) is 0 Å². The van der Waals surface area contributed by atoms with Gasteiger partial charge in [0, 0.05) is 11.3 Å². The lowest BCUT2D eigenvalue weighted by atomic mass is 10.0. The minimum absolute atomic E-state index is 0.0626. The summed E-state index contributed by atoms with van der Waals surface area (Å²) in [4.78, 5) is 25.2. The van der Waals surface area contributed by atoms with Crippen LogP contribution in [0.25, 0.3) is 22.4 Å². The van der Waals surface area contributed by atoms with Gasteiger partial charge in [-0.3, -0.25) is 4.79 Å². The molecule has 4 aromatic rings. The number of halogens is 2. The van der Waals surface area contributed by atoms with E-state index < -0.39 is 24.3 Å². The van der Waals surface area contributed by atoms with Crippen LogP contribution < -0.4 is 5.32 Å². The Bertz CT molecular complexity index is 1300. The Labute approximate surface area is 193 Å². The van der Waals surface area contributed by atoms with Gasteiger partial charge in [0.15, 0.2) is 6.61 Å². The number of para-hydroxylation sites is 1. The van der Waals surface area contributed by atoms with Gasteiger partial charge in [-0.25, -0.2) is 9.18 Å². The fraction of sp³-hybridized carbons (Fsp3) is 0.0800. The quantitative estimate of drug-likeness (QED) is 0.359. The molecule has 33 heavy (non-hydrogen) atoms. The lowest BCUT2D eigenvalue weighted by molar-refractivity contribution is -0.119. The van der Waals surface area contributed by atoms with Crippen molar-refractivity contribution in [1.82, 2.24) is 5.16 Å². The van der Waals surface area contributed by atoms with Crippen LogP contribution in [0.3, 0.4) is 0 Å². The van der Waals surface area contributed by atoms with Crippen molar-refractivity contribution < 1.29 is 23.2 Å². The highest BCUT2D eigenvalue weighted by Crippen LogP contribution is 2.34. The predicted molar refractivity (Wildman–Crippen MR) is 122 cm³/mol. The molecule has 1 heterocycles. The number of nitrogens with zero attached hydrogens (tertiary/aromatic N) is 1. The molecular weight excluding hydrogens is 447 g/mol. The molecule has 0 aliphatic heterocycles. The number of benzene rings is 3. The van der Waals surface area contributed by atoms with E-state index in [9.17, 15) is 14.0 Å². The minimum Gasteiger partial charge on any atom is -0.452 e. The molecule has 166 valence electrons. The zero-order valence-corrected chi connectivity index (χ0v) is 18.2. The van der Waals surface area contributed by atoms with E-state index >= 15 is 0 Å². The fourth-order valence-electron chi connectivity index (χ4n) is 3.36. The third-order valence-corrected chi connectivity index (χ3v) is 5.20. The first kappa shape index (κ1) is 22.2. The van der Waals surface area contributed by atoms with Crippen molar-refractivity contribution in [2.45, 2.75) is 6.92 Å². The number of hydrogen-bond donors (Lipinski definition) is 1. The summed E-state index contributed by atoms with van der Waals surface area (Å²) >= 11 is 6.10. The molecule has 0 saturated carbocycles. The molecule has 0 unspecified atom stereocenters. The first-order valence-electron chi connectivity index (χ1n) is 9.97. The van der Waals surface area contributed by atoms with Gasteiger partial charge in [0.2, 0.25) is 0 Å². The minimum atomic E-state index is -0.880. The van der Waals surface area contributed by atoms with Gasteiger partial charge in [0.1, 0.15) is 22.8 Å². The summed E-state index contributed by atoms with van der Waals surface area (Å²) in [6, 6.07) is 20.9. The van der Waals surface area contributed by atoms with Crippen molar-refractivity contribution in [3.05, 3.63) is 95.0 Å². The molecule has 0 spiro atoms. The standard InChI is InChI=1S/C25H18ClFN2O4/c1-15-22(24(29-33-15)23-18(26)11-7-12-19(23)27)25(31)32-14-21(30)28-20-13-6-5-10-17(20)16-8-3-2-4-9-16/h2-13H,14H2,1H3,(H,28,30). The summed E-state index contributed by atoms with van der Waals surface area (Å²) in [6.07, 6.45) is 0. The number of nitrogens with one attached hydrogen (secondary N) is 1. The number of carbonyl (C=O) groups is 2. The van der Waals surface area contributed by atoms with Crippen LogP contribution in [0.2, 0.25) is 5.02 Å². The first-order valence-corrected chi connectivity index (χ1v) is 10.4. The van der Waals surface area contributed by atoms with Crippen molar-refractivity contribution in [2.24, 2.45) is 0 Å². The van der Waals surface area contributed by atoms with E-state index in [1.165, 1.54) is 25.1 Å². The Hall–Kier alpha value is -3.97. The smallest absolute Gasteiger partial charge is 0.344 e. The number of amides is 1. The second-order valence-corrected chi connectivity index (χ2v) is 7.50. The Morgan fingerprint density at radius 3 is 2.52 bits per heavy atom. The first-order chi connectivity index (χ1) is 16.0. The summed E-state index contributed by atoms with van der Waals surface area (Å²) in [5, 5.41) is 6.58. The molecule has 0 aliphatic rings. The highest BCUT2D eigenvalue weighted by molar-refractivity contribution is 6.33. The van der Waals surface area contributed by atoms with E-state index in [2.05, 4.69) is 10.5 Å². The zero-order chi connectivity index (χ0) is 23.4. The normalized spacial score (nSPS) is 10.6. The highest BCUT2D eigenvalue weighted by Gasteiger charge is 2.27. The third kappa shape index (κ3) is 4.78. The van der Waals surface area contributed by atoms with Crippen LogP contribution in [0.4, 0.5) is 10.1 Å². The molecule has 4 rings (SSSR count). The molecular formula is C25H18ClFN2O4. The van der Waals surface area contributed by atoms with Crippen LogP contribution in [-0.4, -0.2) is 23.6 Å². The van der Waals surface area contributed by atoms with Crippen LogP contribution >= 0.6 is 11.6 Å². The number of ether oxygens (including phenoxy) is 1. The number of hydrogen-bond acceptors (Lipinski definition) is 5. The predicted octanol–water partition coefficient (Wildman–Crippen LogP) is 5.91. The van der Waals surface area contributed by atoms with Crippen molar-refractivity contribution >= 4 is 29.2 Å². The molecule has 3 aromatic carbocycles. The summed E-state index contributed by atoms with van der Waals surface area (Å²) in [7, 11) is 0. The maximum atomic E-state index is 14.3. The molecule has 1 N–H and O–H groups in total. The van der Waals surface area contributed by atoms with Crippen LogP contribution in [0, 0.1) is 12.7 Å². The molecule has 0 aliphatic carbocycles. The van der Waals surface area contributed by atoms with Crippen molar-refractivity contribution in [1.29, 1.82) is 0 Å². The van der Waals surface area contributed by atoms with E-state index in [0.717, 1.165) is 11.1 Å². The van der Waals surface area contributed by atoms with Gasteiger partial charge in [-0.1, -0.05) is 71.4 Å². The van der Waals surface area contributed by atoms with E-state index in [-0.39, 0.29) is 27.6 Å². The summed E-state index contributed by atoms with van der Waals surface area (Å²) in [5.41, 5.74) is 2.06. The number of aryl methyl sites for hydroxylation is 1. The number of carbonyl (C=O) groups excluding carboxylic acids is 2. The Morgan fingerprint density at radius 2 is 1.76 bits per heavy atom. The zero-order valence-electron chi connectivity index (χ0n) is 17.5. The highest BCUT2D eigenvalue weighted by atomic mass is 35.5. The summed E-state index contributed by atoms with van der Waals surface area (Å²) in [6.45, 7) is 0.926. The fourth-order valence-corrected chi connectivity index (χ4v) is 3.61. The molecule has 8 heteroatoms. The van der Waals surface area contributed by atoms with Gasteiger partial charge < -0.3 is 14.6 Å². The molecule has 0 saturated heterocycles. The topological polar surface area (TPSA) is 81.4 Å². The molecule has 6 nitrogen and oxygen atoms in total. The van der Waals surface area contributed by atoms with Crippen LogP contribution in [-0.2, 0) is 9.53 Å². The molecule has 0 radical (unpaired) electrons. The van der Waals surface area contributed by atoms with Crippen LogP contribution in [0.5, 0.6) is 0 Å². The average Bonchev–Trinajstić information content (AvgIpc) is 3.19. The monoisotopic (exact) mass is 464 g/mol. The lowest BCUT2D eigenvalue weighted by Crippen LogP contribution is -2.21. The van der Waals surface area contributed by atoms with Gasteiger partial charge in [-0.15, -0.1) is 0 Å². The van der Waals surface area contributed by atoms with E-state index in [4.69, 9.17) is 20.9 Å². The molecule has 0 atom stereocenters. The van der Waals surface area contributed by atoms with E-state index in [1.54, 1.807) is 12.1 Å². The molecule has 0 bridgehead atoms. The average molecular weight is 465 g/mol. The summed E-state index contributed by atoms with van der Waals surface area (Å²) < 4.78 is 24.6. The Kier molecular flexibility index (Phi) is 6.51. The van der Waals surface area contributed by atoms with Gasteiger partial charge >= 0.3 is 5.97 Å². The van der Waals surface area contributed by atoms with Gasteiger partial charge in [0.05, 0.1) is 10.6 Å². The third-order valence-electron chi connectivity index (χ3n) is 4.89. The van der Waals surface area contributed by atoms with E-state index in [1.807, 2.05) is 42.5 Å². The Morgan fingerprint density at radius 1 is 1.03 bits per heavy atom. The van der Waals surface area contributed by atoms with Gasteiger partial charge in [-0.2, -0.15) is 0 Å². The van der Waals surface area contributed by atoms with E-state index in [0.29, 0.717) is 5.69 Å². The largest absolute Gasteiger partial charge is 0.452 e. The maximum Gasteiger partial charge on any atom is 0.344 e. The second-order valence-electron chi connectivity index (χ2n) is 7.09. The van der Waals surface area contributed by atoms with Gasteiger partial charge in [-0.05, 0) is 30.7 Å².